The van der Waals surface area contributed by atoms with Crippen molar-refractivity contribution in [2.24, 2.45) is 5.73 Å². The van der Waals surface area contributed by atoms with Gasteiger partial charge in [-0.3, -0.25) is 18.6 Å². The van der Waals surface area contributed by atoms with E-state index in [0.29, 0.717) is 16.1 Å². The highest BCUT2D eigenvalue weighted by Crippen LogP contribution is 2.32. The van der Waals surface area contributed by atoms with Gasteiger partial charge in [0.2, 0.25) is 11.8 Å². The van der Waals surface area contributed by atoms with Crippen LogP contribution in [0.3, 0.4) is 0 Å². The second kappa shape index (κ2) is 5.16. The number of nitrogens with zero attached hydrogens (tertiary/aromatic N) is 1. The maximum Gasteiger partial charge on any atom is 0.243 e. The molecule has 0 radical (unpaired) electrons. The highest BCUT2D eigenvalue weighted by atomic mass is 32.2. The van der Waals surface area contributed by atoms with E-state index >= 15 is 0 Å². The quantitative estimate of drug-likeness (QED) is 0.806. The van der Waals surface area contributed by atoms with Gasteiger partial charge in [0.25, 0.3) is 0 Å². The molecule has 2 amide bonds. The van der Waals surface area contributed by atoms with Gasteiger partial charge in [0.1, 0.15) is 11.8 Å². The maximum absolute atomic E-state index is 12.2. The van der Waals surface area contributed by atoms with E-state index in [0.717, 1.165) is 0 Å². The molecule has 106 valence electrons. The molecule has 2 atom stereocenters. The first kappa shape index (κ1) is 14.4. The average Bonchev–Trinajstić information content (AvgIpc) is 2.40. The minimum Gasteiger partial charge on any atom is -0.368 e. The summed E-state index contributed by atoms with van der Waals surface area (Å²) in [5.41, 5.74) is 5.85. The number of benzene rings is 1. The van der Waals surface area contributed by atoms with Crippen molar-refractivity contribution < 1.29 is 18.6 Å². The molecule has 0 bridgehead atoms. The van der Waals surface area contributed by atoms with Gasteiger partial charge < -0.3 is 10.6 Å². The van der Waals surface area contributed by atoms with Crippen LogP contribution in [-0.2, 0) is 20.4 Å². The first-order valence-corrected chi connectivity index (χ1v) is 7.19. The molecule has 0 aliphatic carbocycles. The molecule has 6 nitrogen and oxygen atoms in total. The molecule has 0 spiro atoms. The lowest BCUT2D eigenvalue weighted by molar-refractivity contribution is -0.122. The lowest BCUT2D eigenvalue weighted by Crippen LogP contribution is -2.47. The summed E-state index contributed by atoms with van der Waals surface area (Å²) < 4.78 is 12.2. The van der Waals surface area contributed by atoms with Crippen molar-refractivity contribution in [2.45, 2.75) is 24.0 Å². The third kappa shape index (κ3) is 2.36. The van der Waals surface area contributed by atoms with Gasteiger partial charge in [-0.25, -0.2) is 0 Å². The molecule has 1 heterocycles. The minimum atomic E-state index is -1.50. The van der Waals surface area contributed by atoms with Crippen LogP contribution in [0.5, 0.6) is 0 Å². The van der Waals surface area contributed by atoms with Crippen LogP contribution in [0.4, 0.5) is 5.69 Å². The van der Waals surface area contributed by atoms with E-state index in [4.69, 9.17) is 5.73 Å². The molecular weight excluding hydrogens is 280 g/mol. The summed E-state index contributed by atoms with van der Waals surface area (Å²) in [6.45, 7) is 2.63. The van der Waals surface area contributed by atoms with E-state index in [9.17, 15) is 18.6 Å². The molecule has 0 saturated carbocycles. The predicted octanol–water partition coefficient (Wildman–Crippen LogP) is 0.217. The number of hydrogen-bond donors (Lipinski definition) is 1. The Morgan fingerprint density at radius 1 is 1.40 bits per heavy atom. The van der Waals surface area contributed by atoms with Gasteiger partial charge in [-0.05, 0) is 26.0 Å². The van der Waals surface area contributed by atoms with Gasteiger partial charge in [0.05, 0.1) is 21.4 Å². The van der Waals surface area contributed by atoms with E-state index in [1.54, 1.807) is 12.1 Å². The Bertz CT molecular complexity index is 641. The summed E-state index contributed by atoms with van der Waals surface area (Å²) in [4.78, 5) is 36.3. The van der Waals surface area contributed by atoms with Crippen molar-refractivity contribution in [3.8, 4) is 0 Å². The highest BCUT2D eigenvalue weighted by molar-refractivity contribution is 7.86. The van der Waals surface area contributed by atoms with Crippen molar-refractivity contribution in [1.29, 1.82) is 0 Å². The SMILES string of the molecule is CC(=O)c1ccc2c(c1)N(CC(N)=O)C(=O)C(C)S2=O. The topological polar surface area (TPSA) is 97.5 Å². The summed E-state index contributed by atoms with van der Waals surface area (Å²) in [7, 11) is -1.50. The fourth-order valence-electron chi connectivity index (χ4n) is 2.06. The molecule has 0 saturated heterocycles. The number of primary amides is 1. The highest BCUT2D eigenvalue weighted by Gasteiger charge is 2.36. The number of anilines is 1. The number of ketones is 1. The van der Waals surface area contributed by atoms with Gasteiger partial charge in [-0.15, -0.1) is 0 Å². The van der Waals surface area contributed by atoms with Crippen LogP contribution in [-0.4, -0.2) is 33.6 Å². The van der Waals surface area contributed by atoms with Crippen molar-refractivity contribution in [3.05, 3.63) is 23.8 Å². The third-order valence-corrected chi connectivity index (χ3v) is 4.74. The first-order chi connectivity index (χ1) is 9.32. The second-order valence-corrected chi connectivity index (χ2v) is 6.31. The van der Waals surface area contributed by atoms with Crippen LogP contribution in [0.1, 0.15) is 24.2 Å². The molecule has 1 aromatic rings. The summed E-state index contributed by atoms with van der Waals surface area (Å²) >= 11 is 0. The zero-order valence-electron chi connectivity index (χ0n) is 11.1. The van der Waals surface area contributed by atoms with E-state index in [1.807, 2.05) is 0 Å². The van der Waals surface area contributed by atoms with Crippen LogP contribution in [0, 0.1) is 0 Å². The summed E-state index contributed by atoms with van der Waals surface area (Å²) in [6.07, 6.45) is 0. The van der Waals surface area contributed by atoms with E-state index in [2.05, 4.69) is 0 Å². The number of nitrogens with two attached hydrogens (primary N) is 1. The maximum atomic E-state index is 12.2. The Hall–Kier alpha value is -2.02. The van der Waals surface area contributed by atoms with Gasteiger partial charge in [0, 0.05) is 5.56 Å². The summed E-state index contributed by atoms with van der Waals surface area (Å²) in [6, 6.07) is 4.59. The number of rotatable bonds is 3. The molecule has 20 heavy (non-hydrogen) atoms. The third-order valence-electron chi connectivity index (χ3n) is 3.12. The monoisotopic (exact) mass is 294 g/mol. The average molecular weight is 294 g/mol. The molecule has 2 rings (SSSR count). The molecule has 7 heteroatoms. The molecule has 2 N–H and O–H groups in total. The lowest BCUT2D eigenvalue weighted by atomic mass is 10.1. The normalized spacial score (nSPS) is 21.5. The van der Waals surface area contributed by atoms with Gasteiger partial charge in [-0.2, -0.15) is 0 Å². The molecule has 1 aliphatic heterocycles. The molecule has 1 aromatic carbocycles. The van der Waals surface area contributed by atoms with Gasteiger partial charge >= 0.3 is 0 Å². The largest absolute Gasteiger partial charge is 0.368 e. The first-order valence-electron chi connectivity index (χ1n) is 5.98. The van der Waals surface area contributed by atoms with Crippen LogP contribution in [0.15, 0.2) is 23.1 Å². The zero-order chi connectivity index (χ0) is 15.0. The number of fused-ring (bicyclic) bond motifs is 1. The molecular formula is C13H14N2O4S. The number of hydrogen-bond acceptors (Lipinski definition) is 4. The van der Waals surface area contributed by atoms with Crippen molar-refractivity contribution in [1.82, 2.24) is 0 Å². The predicted molar refractivity (Wildman–Crippen MR) is 73.9 cm³/mol. The fraction of sp³-hybridized carbons (Fsp3) is 0.308. The Labute approximate surface area is 118 Å². The second-order valence-electron chi connectivity index (χ2n) is 4.57. The van der Waals surface area contributed by atoms with Crippen LogP contribution in [0.25, 0.3) is 0 Å². The number of carbonyl (C=O) groups excluding carboxylic acids is 3. The fourth-order valence-corrected chi connectivity index (χ4v) is 3.33. The smallest absolute Gasteiger partial charge is 0.243 e. The summed E-state index contributed by atoms with van der Waals surface area (Å²) in [5, 5.41) is -0.745. The number of amides is 2. The molecule has 1 aliphatic rings. The zero-order valence-corrected chi connectivity index (χ0v) is 11.9. The Balaban J connectivity index is 2.61. The van der Waals surface area contributed by atoms with Crippen molar-refractivity contribution in [3.63, 3.8) is 0 Å². The Morgan fingerprint density at radius 3 is 2.60 bits per heavy atom. The Kier molecular flexibility index (Phi) is 3.71. The van der Waals surface area contributed by atoms with Crippen LogP contribution in [0.2, 0.25) is 0 Å². The standard InChI is InChI=1S/C13H14N2O4S/c1-7(16)9-3-4-11-10(5-9)15(6-12(14)17)13(18)8(2)20(11)19/h3-5,8H,6H2,1-2H3,(H2,14,17). The minimum absolute atomic E-state index is 0.177. The van der Waals surface area contributed by atoms with E-state index in [1.165, 1.54) is 24.8 Å². The van der Waals surface area contributed by atoms with E-state index < -0.39 is 27.9 Å². The van der Waals surface area contributed by atoms with Crippen molar-refractivity contribution in [2.75, 3.05) is 11.4 Å². The Morgan fingerprint density at radius 2 is 2.05 bits per heavy atom. The number of Topliss-reactive ketones (excluding diaryl/α,β-unsaturated/α-hetero) is 1. The van der Waals surface area contributed by atoms with Gasteiger partial charge in [-0.1, -0.05) is 6.07 Å². The van der Waals surface area contributed by atoms with E-state index in [-0.39, 0.29) is 12.3 Å². The molecule has 2 unspecified atom stereocenters. The van der Waals surface area contributed by atoms with Gasteiger partial charge in [0.15, 0.2) is 5.78 Å². The summed E-state index contributed by atoms with van der Waals surface area (Å²) in [5.74, 6) is -1.28. The molecule has 0 fully saturated rings. The van der Waals surface area contributed by atoms with Crippen LogP contribution < -0.4 is 10.6 Å². The molecule has 0 aromatic heterocycles. The number of carbonyl (C=O) groups is 3. The van der Waals surface area contributed by atoms with Crippen LogP contribution >= 0.6 is 0 Å². The van der Waals surface area contributed by atoms with Crippen molar-refractivity contribution >= 4 is 34.1 Å². The lowest BCUT2D eigenvalue weighted by Gasteiger charge is -2.31.